The second kappa shape index (κ2) is 4.39. The van der Waals surface area contributed by atoms with Crippen LogP contribution in [0.2, 0.25) is 0 Å². The molecule has 0 amide bonds. The molecule has 4 nitrogen and oxygen atoms in total. The summed E-state index contributed by atoms with van der Waals surface area (Å²) in [5, 5.41) is 4.70. The van der Waals surface area contributed by atoms with Crippen LogP contribution in [0.3, 0.4) is 0 Å². The van der Waals surface area contributed by atoms with Crippen molar-refractivity contribution < 1.29 is 12.6 Å². The highest BCUT2D eigenvalue weighted by atomic mass is 79.9. The maximum Gasteiger partial charge on any atom is 0.333 e. The number of rotatable bonds is 3. The molecule has 0 bridgehead atoms. The van der Waals surface area contributed by atoms with Gasteiger partial charge in [0.1, 0.15) is 0 Å². The Labute approximate surface area is 91.5 Å². The zero-order valence-corrected chi connectivity index (χ0v) is 9.93. The molecule has 0 spiro atoms. The highest BCUT2D eigenvalue weighted by Gasteiger charge is 2.05. The SMILES string of the molecule is Cc1cc(Br)ccc1COS(N)(=O)=O. The molecule has 0 radical (unpaired) electrons. The van der Waals surface area contributed by atoms with Crippen LogP contribution in [0.25, 0.3) is 0 Å². The van der Waals surface area contributed by atoms with Crippen LogP contribution in [0, 0.1) is 6.92 Å². The standard InChI is InChI=1S/C8H10BrNO3S/c1-6-4-8(9)3-2-7(6)5-13-14(10,11)12/h2-4H,5H2,1H3,(H2,10,11,12). The zero-order chi connectivity index (χ0) is 10.8. The van der Waals surface area contributed by atoms with E-state index in [1.165, 1.54) is 0 Å². The largest absolute Gasteiger partial charge is 0.333 e. The van der Waals surface area contributed by atoms with Gasteiger partial charge in [0.25, 0.3) is 0 Å². The third kappa shape index (κ3) is 3.75. The van der Waals surface area contributed by atoms with Crippen molar-refractivity contribution in [2.24, 2.45) is 5.14 Å². The molecule has 0 fully saturated rings. The quantitative estimate of drug-likeness (QED) is 0.911. The molecule has 0 saturated carbocycles. The summed E-state index contributed by atoms with van der Waals surface area (Å²) in [7, 11) is -3.86. The molecule has 0 atom stereocenters. The third-order valence-electron chi connectivity index (χ3n) is 1.68. The number of hydrogen-bond acceptors (Lipinski definition) is 3. The van der Waals surface area contributed by atoms with Crippen molar-refractivity contribution in [2.75, 3.05) is 0 Å². The van der Waals surface area contributed by atoms with E-state index < -0.39 is 10.3 Å². The first-order valence-corrected chi connectivity index (χ1v) is 6.07. The van der Waals surface area contributed by atoms with Crippen molar-refractivity contribution in [2.45, 2.75) is 13.5 Å². The van der Waals surface area contributed by atoms with Gasteiger partial charge in [-0.3, -0.25) is 4.18 Å². The van der Waals surface area contributed by atoms with Gasteiger partial charge in [0.15, 0.2) is 0 Å². The number of hydrogen-bond donors (Lipinski definition) is 1. The Kier molecular flexibility index (Phi) is 3.65. The van der Waals surface area contributed by atoms with Crippen LogP contribution in [0.5, 0.6) is 0 Å². The fourth-order valence-corrected chi connectivity index (χ4v) is 1.73. The Morgan fingerprint density at radius 3 is 2.64 bits per heavy atom. The minimum Gasteiger partial charge on any atom is -0.253 e. The first-order chi connectivity index (χ1) is 6.38. The van der Waals surface area contributed by atoms with Crippen molar-refractivity contribution in [3.05, 3.63) is 33.8 Å². The van der Waals surface area contributed by atoms with E-state index in [1.54, 1.807) is 6.07 Å². The molecule has 0 aliphatic carbocycles. The molecule has 1 aromatic carbocycles. The van der Waals surface area contributed by atoms with Crippen LogP contribution in [0.4, 0.5) is 0 Å². The molecule has 14 heavy (non-hydrogen) atoms. The van der Waals surface area contributed by atoms with Crippen molar-refractivity contribution in [3.63, 3.8) is 0 Å². The van der Waals surface area contributed by atoms with Crippen LogP contribution < -0.4 is 5.14 Å². The lowest BCUT2D eigenvalue weighted by molar-refractivity contribution is 0.308. The van der Waals surface area contributed by atoms with E-state index in [4.69, 9.17) is 5.14 Å². The lowest BCUT2D eigenvalue weighted by Gasteiger charge is -2.05. The van der Waals surface area contributed by atoms with Gasteiger partial charge in [0.05, 0.1) is 6.61 Å². The molecule has 0 aliphatic heterocycles. The first-order valence-electron chi connectivity index (χ1n) is 3.80. The predicted molar refractivity (Wildman–Crippen MR) is 56.8 cm³/mol. The first kappa shape index (κ1) is 11.6. The highest BCUT2D eigenvalue weighted by Crippen LogP contribution is 2.16. The van der Waals surface area contributed by atoms with Crippen LogP contribution in [0.15, 0.2) is 22.7 Å². The van der Waals surface area contributed by atoms with Crippen LogP contribution in [-0.2, 0) is 21.1 Å². The van der Waals surface area contributed by atoms with Gasteiger partial charge in [-0.2, -0.15) is 8.42 Å². The Balaban J connectivity index is 2.78. The minimum atomic E-state index is -3.86. The number of aryl methyl sites for hydroxylation is 1. The molecule has 2 N–H and O–H groups in total. The van der Waals surface area contributed by atoms with Crippen LogP contribution in [-0.4, -0.2) is 8.42 Å². The van der Waals surface area contributed by atoms with Crippen molar-refractivity contribution >= 4 is 26.2 Å². The minimum absolute atomic E-state index is 0.0298. The molecule has 0 heterocycles. The second-order valence-corrected chi connectivity index (χ2v) is 4.96. The van der Waals surface area contributed by atoms with E-state index in [0.717, 1.165) is 15.6 Å². The summed E-state index contributed by atoms with van der Waals surface area (Å²) < 4.78 is 26.5. The van der Waals surface area contributed by atoms with Gasteiger partial charge < -0.3 is 0 Å². The molecule has 1 rings (SSSR count). The van der Waals surface area contributed by atoms with E-state index in [1.807, 2.05) is 19.1 Å². The van der Waals surface area contributed by atoms with Crippen molar-refractivity contribution in [1.82, 2.24) is 0 Å². The van der Waals surface area contributed by atoms with Gasteiger partial charge in [-0.05, 0) is 30.2 Å². The average Bonchev–Trinajstić information content (AvgIpc) is 2.00. The summed E-state index contributed by atoms with van der Waals surface area (Å²) in [5.41, 5.74) is 1.74. The molecule has 0 saturated heterocycles. The average molecular weight is 280 g/mol. The van der Waals surface area contributed by atoms with Gasteiger partial charge in [-0.15, -0.1) is 0 Å². The fourth-order valence-electron chi connectivity index (χ4n) is 0.967. The van der Waals surface area contributed by atoms with E-state index in [2.05, 4.69) is 20.1 Å². The maximum atomic E-state index is 10.5. The normalized spacial score (nSPS) is 11.6. The van der Waals surface area contributed by atoms with E-state index in [9.17, 15) is 8.42 Å². The molecular formula is C8H10BrNO3S. The van der Waals surface area contributed by atoms with Crippen molar-refractivity contribution in [3.8, 4) is 0 Å². The second-order valence-electron chi connectivity index (χ2n) is 2.83. The number of halogens is 1. The highest BCUT2D eigenvalue weighted by molar-refractivity contribution is 9.10. The lowest BCUT2D eigenvalue weighted by Crippen LogP contribution is -2.15. The van der Waals surface area contributed by atoms with Gasteiger partial charge in [0.2, 0.25) is 0 Å². The summed E-state index contributed by atoms with van der Waals surface area (Å²) in [4.78, 5) is 0. The Hall–Kier alpha value is -0.430. The molecule has 0 aliphatic rings. The predicted octanol–water partition coefficient (Wildman–Crippen LogP) is 1.48. The molecule has 0 unspecified atom stereocenters. The van der Waals surface area contributed by atoms with Crippen LogP contribution >= 0.6 is 15.9 Å². The number of nitrogens with two attached hydrogens (primary N) is 1. The van der Waals surface area contributed by atoms with Gasteiger partial charge in [-0.1, -0.05) is 22.0 Å². The molecular weight excluding hydrogens is 270 g/mol. The summed E-state index contributed by atoms with van der Waals surface area (Å²) in [6.45, 7) is 1.84. The van der Waals surface area contributed by atoms with Gasteiger partial charge >= 0.3 is 10.3 Å². The van der Waals surface area contributed by atoms with Gasteiger partial charge in [-0.25, -0.2) is 5.14 Å². The van der Waals surface area contributed by atoms with Crippen molar-refractivity contribution in [1.29, 1.82) is 0 Å². The fraction of sp³-hybridized carbons (Fsp3) is 0.250. The summed E-state index contributed by atoms with van der Waals surface area (Å²) in [5.74, 6) is 0. The summed E-state index contributed by atoms with van der Waals surface area (Å²) >= 11 is 3.30. The summed E-state index contributed by atoms with van der Waals surface area (Å²) in [6, 6.07) is 5.47. The third-order valence-corrected chi connectivity index (χ3v) is 2.62. The zero-order valence-electron chi connectivity index (χ0n) is 7.53. The monoisotopic (exact) mass is 279 g/mol. The summed E-state index contributed by atoms with van der Waals surface area (Å²) in [6.07, 6.45) is 0. The maximum absolute atomic E-state index is 10.5. The molecule has 6 heteroatoms. The molecule has 1 aromatic rings. The number of benzene rings is 1. The lowest BCUT2D eigenvalue weighted by atomic mass is 10.1. The van der Waals surface area contributed by atoms with Gasteiger partial charge in [0, 0.05) is 4.47 Å². The van der Waals surface area contributed by atoms with Crippen LogP contribution in [0.1, 0.15) is 11.1 Å². The van der Waals surface area contributed by atoms with E-state index in [0.29, 0.717) is 0 Å². The van der Waals surface area contributed by atoms with E-state index >= 15 is 0 Å². The molecule has 0 aromatic heterocycles. The Morgan fingerprint density at radius 2 is 2.14 bits per heavy atom. The Bertz CT molecular complexity index is 430. The molecule has 78 valence electrons. The Morgan fingerprint density at radius 1 is 1.50 bits per heavy atom. The smallest absolute Gasteiger partial charge is 0.253 e. The van der Waals surface area contributed by atoms with E-state index in [-0.39, 0.29) is 6.61 Å². The topological polar surface area (TPSA) is 69.4 Å².